The lowest BCUT2D eigenvalue weighted by Gasteiger charge is -2.13. The lowest BCUT2D eigenvalue weighted by molar-refractivity contribution is 0.317. The van der Waals surface area contributed by atoms with Crippen molar-refractivity contribution in [2.75, 3.05) is 17.2 Å². The summed E-state index contributed by atoms with van der Waals surface area (Å²) in [5.74, 6) is 0.526. The summed E-state index contributed by atoms with van der Waals surface area (Å²) in [4.78, 5) is 0. The zero-order valence-corrected chi connectivity index (χ0v) is 14.6. The van der Waals surface area contributed by atoms with E-state index in [2.05, 4.69) is 23.3 Å². The van der Waals surface area contributed by atoms with Gasteiger partial charge in [0.05, 0.1) is 29.6 Å². The van der Waals surface area contributed by atoms with Crippen LogP contribution in [0.1, 0.15) is 18.1 Å². The van der Waals surface area contributed by atoms with Gasteiger partial charge in [0.2, 0.25) is 0 Å². The highest BCUT2D eigenvalue weighted by Gasteiger charge is 2.22. The number of ether oxygens (including phenoxy) is 1. The Bertz CT molecular complexity index is 872. The standard InChI is InChI=1S/C21H21N3O2/c1-3-7-15-10-14(12-19(20(15)25)26-4-2)11-16(13-22)21-23-17-8-5-6-9-18(17)24-21/h3,5-6,8-12,21,23-25H,1,4,7H2,2H3/b16-11+. The highest BCUT2D eigenvalue weighted by atomic mass is 16.5. The third kappa shape index (κ3) is 3.50. The maximum Gasteiger partial charge on any atom is 0.161 e. The Hall–Kier alpha value is -3.39. The van der Waals surface area contributed by atoms with Crippen LogP contribution in [0.3, 0.4) is 0 Å². The van der Waals surface area contributed by atoms with Crippen LogP contribution >= 0.6 is 0 Å². The number of benzene rings is 2. The monoisotopic (exact) mass is 347 g/mol. The van der Waals surface area contributed by atoms with Gasteiger partial charge in [0.15, 0.2) is 11.5 Å². The number of para-hydroxylation sites is 2. The molecular weight excluding hydrogens is 326 g/mol. The first-order chi connectivity index (χ1) is 12.7. The second-order valence-corrected chi connectivity index (χ2v) is 5.93. The van der Waals surface area contributed by atoms with Crippen LogP contribution in [0.15, 0.2) is 54.6 Å². The highest BCUT2D eigenvalue weighted by molar-refractivity contribution is 5.78. The zero-order valence-electron chi connectivity index (χ0n) is 14.6. The molecule has 132 valence electrons. The van der Waals surface area contributed by atoms with Crippen LogP contribution in [-0.2, 0) is 6.42 Å². The molecule has 0 aromatic heterocycles. The summed E-state index contributed by atoms with van der Waals surface area (Å²) in [6, 6.07) is 13.7. The molecule has 0 atom stereocenters. The molecule has 3 rings (SSSR count). The van der Waals surface area contributed by atoms with Crippen LogP contribution in [0.25, 0.3) is 6.08 Å². The van der Waals surface area contributed by atoms with Crippen molar-refractivity contribution in [2.24, 2.45) is 0 Å². The number of aromatic hydroxyl groups is 1. The smallest absolute Gasteiger partial charge is 0.161 e. The Balaban J connectivity index is 1.94. The van der Waals surface area contributed by atoms with Crippen LogP contribution in [0.4, 0.5) is 11.4 Å². The number of anilines is 2. The first-order valence-electron chi connectivity index (χ1n) is 8.49. The molecule has 0 bridgehead atoms. The van der Waals surface area contributed by atoms with E-state index in [4.69, 9.17) is 4.74 Å². The quantitative estimate of drug-likeness (QED) is 0.537. The molecule has 0 spiro atoms. The molecule has 1 aliphatic heterocycles. The second-order valence-electron chi connectivity index (χ2n) is 5.93. The Morgan fingerprint density at radius 3 is 2.58 bits per heavy atom. The van der Waals surface area contributed by atoms with E-state index >= 15 is 0 Å². The fraction of sp³-hybridized carbons (Fsp3) is 0.190. The minimum absolute atomic E-state index is 0.118. The molecule has 0 fully saturated rings. The number of hydrogen-bond acceptors (Lipinski definition) is 5. The van der Waals surface area contributed by atoms with Gasteiger partial charge in [-0.3, -0.25) is 0 Å². The number of fused-ring (bicyclic) bond motifs is 1. The number of hydrogen-bond donors (Lipinski definition) is 3. The first-order valence-corrected chi connectivity index (χ1v) is 8.49. The number of rotatable bonds is 6. The van der Waals surface area contributed by atoms with Gasteiger partial charge in [0.25, 0.3) is 0 Å². The van der Waals surface area contributed by atoms with E-state index in [1.165, 1.54) is 0 Å². The summed E-state index contributed by atoms with van der Waals surface area (Å²) < 4.78 is 5.53. The van der Waals surface area contributed by atoms with Crippen LogP contribution in [0.2, 0.25) is 0 Å². The second kappa shape index (κ2) is 7.66. The van der Waals surface area contributed by atoms with E-state index in [-0.39, 0.29) is 11.9 Å². The maximum absolute atomic E-state index is 10.3. The summed E-state index contributed by atoms with van der Waals surface area (Å²) in [6.45, 7) is 6.03. The van der Waals surface area contributed by atoms with Crippen LogP contribution in [-0.4, -0.2) is 17.9 Å². The largest absolute Gasteiger partial charge is 0.504 e. The molecule has 0 saturated heterocycles. The lowest BCUT2D eigenvalue weighted by Crippen LogP contribution is -2.23. The SMILES string of the molecule is C=CCc1cc(/C=C(\C#N)C2Nc3ccccc3N2)cc(OCC)c1O. The fourth-order valence-electron chi connectivity index (χ4n) is 2.95. The summed E-state index contributed by atoms with van der Waals surface area (Å²) >= 11 is 0. The predicted octanol–water partition coefficient (Wildman–Crippen LogP) is 4.29. The molecular formula is C21H21N3O2. The molecule has 0 amide bonds. The lowest BCUT2D eigenvalue weighted by atomic mass is 10.0. The van der Waals surface area contributed by atoms with Crippen molar-refractivity contribution in [3.8, 4) is 17.6 Å². The van der Waals surface area contributed by atoms with E-state index in [0.29, 0.717) is 29.9 Å². The average Bonchev–Trinajstić information content (AvgIpc) is 3.07. The van der Waals surface area contributed by atoms with E-state index in [1.807, 2.05) is 37.3 Å². The summed E-state index contributed by atoms with van der Waals surface area (Å²) in [5.41, 5.74) is 3.97. The summed E-state index contributed by atoms with van der Waals surface area (Å²) in [6.07, 6.45) is 3.73. The van der Waals surface area contributed by atoms with Crippen molar-refractivity contribution in [3.63, 3.8) is 0 Å². The number of nitriles is 1. The van der Waals surface area contributed by atoms with E-state index in [1.54, 1.807) is 18.2 Å². The normalized spacial score (nSPS) is 13.3. The van der Waals surface area contributed by atoms with Crippen molar-refractivity contribution in [2.45, 2.75) is 19.5 Å². The van der Waals surface area contributed by atoms with Crippen molar-refractivity contribution in [1.29, 1.82) is 5.26 Å². The Labute approximate surface area is 153 Å². The number of phenolic OH excluding ortho intramolecular Hbond substituents is 1. The topological polar surface area (TPSA) is 77.3 Å². The van der Waals surface area contributed by atoms with Gasteiger partial charge >= 0.3 is 0 Å². The zero-order chi connectivity index (χ0) is 18.5. The number of nitrogens with zero attached hydrogens (tertiary/aromatic N) is 1. The Morgan fingerprint density at radius 1 is 1.31 bits per heavy atom. The van der Waals surface area contributed by atoms with Gasteiger partial charge in [0, 0.05) is 5.56 Å². The number of allylic oxidation sites excluding steroid dienone is 1. The van der Waals surface area contributed by atoms with E-state index in [0.717, 1.165) is 16.9 Å². The minimum atomic E-state index is -0.301. The van der Waals surface area contributed by atoms with Gasteiger partial charge in [-0.1, -0.05) is 18.2 Å². The minimum Gasteiger partial charge on any atom is -0.504 e. The molecule has 0 aliphatic carbocycles. The predicted molar refractivity (Wildman–Crippen MR) is 104 cm³/mol. The average molecular weight is 347 g/mol. The number of nitrogens with one attached hydrogen (secondary N) is 2. The summed E-state index contributed by atoms with van der Waals surface area (Å²) in [7, 11) is 0. The Kier molecular flexibility index (Phi) is 5.14. The van der Waals surface area contributed by atoms with E-state index in [9.17, 15) is 10.4 Å². The van der Waals surface area contributed by atoms with Crippen molar-refractivity contribution in [3.05, 3.63) is 65.8 Å². The molecule has 0 saturated carbocycles. The van der Waals surface area contributed by atoms with Crippen LogP contribution < -0.4 is 15.4 Å². The Morgan fingerprint density at radius 2 is 2.00 bits per heavy atom. The maximum atomic E-state index is 10.3. The van der Waals surface area contributed by atoms with E-state index < -0.39 is 0 Å². The van der Waals surface area contributed by atoms with Gasteiger partial charge in [-0.15, -0.1) is 6.58 Å². The molecule has 5 heteroatoms. The molecule has 2 aromatic carbocycles. The highest BCUT2D eigenvalue weighted by Crippen LogP contribution is 2.34. The fourth-order valence-corrected chi connectivity index (χ4v) is 2.95. The first kappa shape index (κ1) is 17.4. The molecule has 1 aliphatic rings. The van der Waals surface area contributed by atoms with Gasteiger partial charge in [-0.25, -0.2) is 0 Å². The summed E-state index contributed by atoms with van der Waals surface area (Å²) in [5, 5.41) is 26.5. The third-order valence-corrected chi connectivity index (χ3v) is 4.13. The third-order valence-electron chi connectivity index (χ3n) is 4.13. The van der Waals surface area contributed by atoms with Gasteiger partial charge in [-0.05, 0) is 49.2 Å². The molecule has 1 heterocycles. The van der Waals surface area contributed by atoms with Crippen LogP contribution in [0.5, 0.6) is 11.5 Å². The van der Waals surface area contributed by atoms with Crippen molar-refractivity contribution in [1.82, 2.24) is 0 Å². The molecule has 2 aromatic rings. The van der Waals surface area contributed by atoms with Crippen molar-refractivity contribution < 1.29 is 9.84 Å². The number of phenols is 1. The van der Waals surface area contributed by atoms with Gasteiger partial charge in [-0.2, -0.15) is 5.26 Å². The van der Waals surface area contributed by atoms with Crippen molar-refractivity contribution >= 4 is 17.5 Å². The molecule has 0 radical (unpaired) electrons. The van der Waals surface area contributed by atoms with Gasteiger partial charge in [0.1, 0.15) is 6.17 Å². The molecule has 5 nitrogen and oxygen atoms in total. The molecule has 3 N–H and O–H groups in total. The molecule has 0 unspecified atom stereocenters. The molecule has 26 heavy (non-hydrogen) atoms. The van der Waals surface area contributed by atoms with Crippen LogP contribution in [0, 0.1) is 11.3 Å². The van der Waals surface area contributed by atoms with Gasteiger partial charge < -0.3 is 20.5 Å².